The van der Waals surface area contributed by atoms with Gasteiger partial charge in [-0.1, -0.05) is 60.7 Å². The number of nitrogens with zero attached hydrogens (tertiary/aromatic N) is 1. The van der Waals surface area contributed by atoms with Crippen molar-refractivity contribution in [1.82, 2.24) is 0 Å². The molecular weight excluding hydrogens is 282 g/mol. The van der Waals surface area contributed by atoms with Gasteiger partial charge >= 0.3 is 0 Å². The highest BCUT2D eigenvalue weighted by molar-refractivity contribution is 6.02. The molecule has 2 aliphatic rings. The zero-order valence-corrected chi connectivity index (χ0v) is 13.2. The zero-order chi connectivity index (χ0) is 15.6. The first kappa shape index (κ1) is 14.4. The number of carbonyl (C=O) groups excluding carboxylic acids is 1. The number of benzene rings is 2. The fourth-order valence-electron chi connectivity index (χ4n) is 3.56. The Balaban J connectivity index is 1.65. The Morgan fingerprint density at radius 3 is 2.22 bits per heavy atom. The minimum Gasteiger partial charge on any atom is -0.299 e. The zero-order valence-electron chi connectivity index (χ0n) is 13.2. The van der Waals surface area contributed by atoms with E-state index in [1.54, 1.807) is 0 Å². The van der Waals surface area contributed by atoms with Crippen molar-refractivity contribution in [3.8, 4) is 0 Å². The summed E-state index contributed by atoms with van der Waals surface area (Å²) in [5, 5.41) is 0. The number of hydrogen-bond donors (Lipinski definition) is 0. The minimum atomic E-state index is -0.0649. The fourth-order valence-corrected chi connectivity index (χ4v) is 3.56. The first-order chi connectivity index (χ1) is 11.3. The van der Waals surface area contributed by atoms with Gasteiger partial charge in [-0.3, -0.25) is 9.79 Å². The summed E-state index contributed by atoms with van der Waals surface area (Å²) in [6.07, 6.45) is 4.06. The Kier molecular flexibility index (Phi) is 3.82. The molecule has 1 fully saturated rings. The van der Waals surface area contributed by atoms with Gasteiger partial charge in [-0.15, -0.1) is 0 Å². The molecule has 2 aromatic carbocycles. The predicted octanol–water partition coefficient (Wildman–Crippen LogP) is 4.40. The molecule has 1 aliphatic carbocycles. The summed E-state index contributed by atoms with van der Waals surface area (Å²) in [4.78, 5) is 17.8. The van der Waals surface area contributed by atoms with Gasteiger partial charge in [-0.2, -0.15) is 0 Å². The molecule has 1 unspecified atom stereocenters. The van der Waals surface area contributed by atoms with Crippen LogP contribution in [0.4, 0.5) is 0 Å². The van der Waals surface area contributed by atoms with Crippen LogP contribution in [0, 0.1) is 5.92 Å². The molecule has 0 bridgehead atoms. The van der Waals surface area contributed by atoms with Gasteiger partial charge < -0.3 is 0 Å². The third-order valence-electron chi connectivity index (χ3n) is 4.94. The van der Waals surface area contributed by atoms with E-state index in [2.05, 4.69) is 36.4 Å². The second-order valence-corrected chi connectivity index (χ2v) is 6.61. The second-order valence-electron chi connectivity index (χ2n) is 6.61. The van der Waals surface area contributed by atoms with Crippen molar-refractivity contribution in [1.29, 1.82) is 0 Å². The van der Waals surface area contributed by atoms with Crippen molar-refractivity contribution >= 4 is 11.5 Å². The van der Waals surface area contributed by atoms with Crippen molar-refractivity contribution in [3.63, 3.8) is 0 Å². The highest BCUT2D eigenvalue weighted by atomic mass is 16.1. The summed E-state index contributed by atoms with van der Waals surface area (Å²) in [6.45, 7) is 0. The normalized spacial score (nSPS) is 21.7. The van der Waals surface area contributed by atoms with Crippen LogP contribution in [0.15, 0.2) is 65.7 Å². The van der Waals surface area contributed by atoms with Crippen molar-refractivity contribution in [2.75, 3.05) is 0 Å². The first-order valence-electron chi connectivity index (χ1n) is 8.53. The molecule has 1 aliphatic heterocycles. The summed E-state index contributed by atoms with van der Waals surface area (Å²) < 4.78 is 0. The molecule has 0 N–H and O–H groups in total. The molecule has 2 heteroatoms. The maximum atomic E-state index is 12.9. The third kappa shape index (κ3) is 2.98. The molecule has 2 aromatic rings. The predicted molar refractivity (Wildman–Crippen MR) is 92.9 cm³/mol. The van der Waals surface area contributed by atoms with E-state index >= 15 is 0 Å². The second kappa shape index (κ2) is 6.11. The lowest BCUT2D eigenvalue weighted by Gasteiger charge is -2.20. The van der Waals surface area contributed by atoms with Crippen LogP contribution in [0.5, 0.6) is 0 Å². The number of Topliss-reactive ketones (excluding diaryl/α,β-unsaturated/α-hetero) is 1. The molecule has 1 heterocycles. The largest absolute Gasteiger partial charge is 0.299 e. The maximum Gasteiger partial charge on any atom is 0.145 e. The molecule has 4 rings (SSSR count). The van der Waals surface area contributed by atoms with Gasteiger partial charge in [-0.25, -0.2) is 0 Å². The van der Waals surface area contributed by atoms with Crippen LogP contribution >= 0.6 is 0 Å². The Morgan fingerprint density at radius 2 is 1.57 bits per heavy atom. The van der Waals surface area contributed by atoms with Gasteiger partial charge in [0, 0.05) is 11.6 Å². The molecule has 2 nitrogen and oxygen atoms in total. The Hall–Kier alpha value is -2.22. The topological polar surface area (TPSA) is 29.4 Å². The van der Waals surface area contributed by atoms with Crippen LogP contribution in [0.3, 0.4) is 0 Å². The SMILES string of the molecule is O=C(C1CC1)[C@H](c1ccccc1)C1CCC(c2ccccc2)=N1. The lowest BCUT2D eigenvalue weighted by molar-refractivity contribution is -0.122. The van der Waals surface area contributed by atoms with E-state index in [4.69, 9.17) is 4.99 Å². The van der Waals surface area contributed by atoms with E-state index in [0.717, 1.165) is 37.0 Å². The summed E-state index contributed by atoms with van der Waals surface area (Å²) in [6, 6.07) is 20.7. The van der Waals surface area contributed by atoms with Gasteiger partial charge in [0.2, 0.25) is 0 Å². The molecule has 116 valence electrons. The Labute approximate surface area is 137 Å². The standard InChI is InChI=1S/C21H21NO/c23-21(17-11-12-17)20(16-9-5-2-6-10-16)19-14-13-18(22-19)15-7-3-1-4-8-15/h1-10,17,19-20H,11-14H2/t19?,20-/m1/s1. The molecule has 23 heavy (non-hydrogen) atoms. The van der Waals surface area contributed by atoms with Gasteiger partial charge in [-0.05, 0) is 36.8 Å². The molecular formula is C21H21NO. The summed E-state index contributed by atoms with van der Waals surface area (Å²) in [7, 11) is 0. The first-order valence-corrected chi connectivity index (χ1v) is 8.53. The average Bonchev–Trinajstić information content (AvgIpc) is 3.36. The van der Waals surface area contributed by atoms with Gasteiger partial charge in [0.15, 0.2) is 0 Å². The van der Waals surface area contributed by atoms with E-state index in [0.29, 0.717) is 5.78 Å². The highest BCUT2D eigenvalue weighted by Gasteiger charge is 2.40. The molecule has 0 radical (unpaired) electrons. The molecule has 0 aromatic heterocycles. The molecule has 0 amide bonds. The maximum absolute atomic E-state index is 12.9. The number of rotatable bonds is 5. The fraction of sp³-hybridized carbons (Fsp3) is 0.333. The number of carbonyl (C=O) groups is 1. The van der Waals surface area contributed by atoms with E-state index in [1.165, 1.54) is 5.56 Å². The van der Waals surface area contributed by atoms with Crippen LogP contribution < -0.4 is 0 Å². The van der Waals surface area contributed by atoms with Crippen molar-refractivity contribution in [2.45, 2.75) is 37.6 Å². The van der Waals surface area contributed by atoms with Crippen molar-refractivity contribution < 1.29 is 4.79 Å². The van der Waals surface area contributed by atoms with Crippen molar-refractivity contribution in [2.24, 2.45) is 10.9 Å². The van der Waals surface area contributed by atoms with Crippen LogP contribution in [0.25, 0.3) is 0 Å². The minimum absolute atomic E-state index is 0.0649. The molecule has 0 saturated heterocycles. The Morgan fingerprint density at radius 1 is 0.913 bits per heavy atom. The quantitative estimate of drug-likeness (QED) is 0.805. The van der Waals surface area contributed by atoms with Gasteiger partial charge in [0.1, 0.15) is 5.78 Å². The highest BCUT2D eigenvalue weighted by Crippen LogP contribution is 2.40. The monoisotopic (exact) mass is 303 g/mol. The van der Waals surface area contributed by atoms with E-state index < -0.39 is 0 Å². The van der Waals surface area contributed by atoms with Crippen LogP contribution in [0.1, 0.15) is 42.7 Å². The number of ketones is 1. The molecule has 1 saturated carbocycles. The molecule has 2 atom stereocenters. The summed E-state index contributed by atoms with van der Waals surface area (Å²) >= 11 is 0. The average molecular weight is 303 g/mol. The summed E-state index contributed by atoms with van der Waals surface area (Å²) in [5.74, 6) is 0.611. The number of aliphatic imine (C=N–C) groups is 1. The van der Waals surface area contributed by atoms with E-state index in [-0.39, 0.29) is 17.9 Å². The van der Waals surface area contributed by atoms with Crippen molar-refractivity contribution in [3.05, 3.63) is 71.8 Å². The van der Waals surface area contributed by atoms with Crippen LogP contribution in [-0.2, 0) is 4.79 Å². The number of hydrogen-bond acceptors (Lipinski definition) is 2. The van der Waals surface area contributed by atoms with Gasteiger partial charge in [0.25, 0.3) is 0 Å². The van der Waals surface area contributed by atoms with Gasteiger partial charge in [0.05, 0.1) is 12.0 Å². The third-order valence-corrected chi connectivity index (χ3v) is 4.94. The lowest BCUT2D eigenvalue weighted by atomic mass is 9.85. The summed E-state index contributed by atoms with van der Waals surface area (Å²) in [5.41, 5.74) is 3.48. The lowest BCUT2D eigenvalue weighted by Crippen LogP contribution is -2.24. The van der Waals surface area contributed by atoms with Crippen LogP contribution in [-0.4, -0.2) is 17.5 Å². The smallest absolute Gasteiger partial charge is 0.145 e. The van der Waals surface area contributed by atoms with E-state index in [1.807, 2.05) is 24.3 Å². The Bertz CT molecular complexity index is 716. The van der Waals surface area contributed by atoms with Crippen LogP contribution in [0.2, 0.25) is 0 Å². The molecule has 0 spiro atoms. The van der Waals surface area contributed by atoms with E-state index in [9.17, 15) is 4.79 Å².